The van der Waals surface area contributed by atoms with Crippen molar-refractivity contribution in [1.82, 2.24) is 0 Å². The first-order valence-electron chi connectivity index (χ1n) is 5.11. The van der Waals surface area contributed by atoms with Gasteiger partial charge in [0.05, 0.1) is 13.2 Å². The van der Waals surface area contributed by atoms with Gasteiger partial charge in [0, 0.05) is 11.8 Å². The van der Waals surface area contributed by atoms with Crippen LogP contribution >= 0.6 is 15.9 Å². The van der Waals surface area contributed by atoms with Crippen LogP contribution in [0.3, 0.4) is 0 Å². The zero-order valence-corrected chi connectivity index (χ0v) is 10.8. The lowest BCUT2D eigenvalue weighted by molar-refractivity contribution is 0.200. The maximum absolute atomic E-state index is 9.56. The Kier molecular flexibility index (Phi) is 5.12. The van der Waals surface area contributed by atoms with Gasteiger partial charge in [0.2, 0.25) is 0 Å². The van der Waals surface area contributed by atoms with Crippen molar-refractivity contribution in [3.05, 3.63) is 29.3 Å². The molecule has 0 spiro atoms. The minimum absolute atomic E-state index is 0.355. The number of rotatable bonds is 5. The fraction of sp³-hybridized carbons (Fsp3) is 0.500. The number of halogens is 1. The highest BCUT2D eigenvalue weighted by Crippen LogP contribution is 2.22. The molecule has 0 aliphatic heterocycles. The van der Waals surface area contributed by atoms with E-state index in [1.54, 1.807) is 7.11 Å². The Morgan fingerprint density at radius 2 is 2.20 bits per heavy atom. The number of aliphatic hydroxyl groups excluding tert-OH is 1. The summed E-state index contributed by atoms with van der Waals surface area (Å²) in [6.45, 7) is 2.11. The first-order chi connectivity index (χ1) is 7.21. The smallest absolute Gasteiger partial charge is 0.122 e. The summed E-state index contributed by atoms with van der Waals surface area (Å²) >= 11 is 3.26. The largest absolute Gasteiger partial charge is 0.496 e. The van der Waals surface area contributed by atoms with Crippen LogP contribution in [0.25, 0.3) is 0 Å². The molecule has 1 aromatic carbocycles. The van der Waals surface area contributed by atoms with E-state index in [2.05, 4.69) is 28.9 Å². The first-order valence-corrected chi connectivity index (χ1v) is 6.23. The van der Waals surface area contributed by atoms with E-state index in [9.17, 15) is 5.11 Å². The van der Waals surface area contributed by atoms with E-state index < -0.39 is 0 Å². The Balaban J connectivity index is 2.87. The van der Waals surface area contributed by atoms with E-state index in [1.807, 2.05) is 12.1 Å². The summed E-state index contributed by atoms with van der Waals surface area (Å²) in [5.41, 5.74) is 2.31. The molecule has 0 fully saturated rings. The minimum Gasteiger partial charge on any atom is -0.496 e. The van der Waals surface area contributed by atoms with Crippen LogP contribution in [0.1, 0.15) is 18.1 Å². The second kappa shape index (κ2) is 6.13. The number of benzene rings is 1. The van der Waals surface area contributed by atoms with Crippen LogP contribution in [0.4, 0.5) is 0 Å². The molecular weight excluding hydrogens is 256 g/mol. The third kappa shape index (κ3) is 3.50. The molecule has 0 saturated carbocycles. The molecule has 0 amide bonds. The predicted molar refractivity (Wildman–Crippen MR) is 65.9 cm³/mol. The molecule has 2 nitrogen and oxygen atoms in total. The highest BCUT2D eigenvalue weighted by molar-refractivity contribution is 9.09. The van der Waals surface area contributed by atoms with Gasteiger partial charge >= 0.3 is 0 Å². The molecule has 15 heavy (non-hydrogen) atoms. The van der Waals surface area contributed by atoms with Gasteiger partial charge in [-0.1, -0.05) is 35.0 Å². The van der Waals surface area contributed by atoms with E-state index in [1.165, 1.54) is 5.56 Å². The quantitative estimate of drug-likeness (QED) is 0.835. The zero-order chi connectivity index (χ0) is 11.3. The van der Waals surface area contributed by atoms with Crippen molar-refractivity contribution < 1.29 is 9.84 Å². The summed E-state index contributed by atoms with van der Waals surface area (Å²) in [5.74, 6) is 0.870. The number of methoxy groups -OCH3 is 1. The fourth-order valence-corrected chi connectivity index (χ4v) is 1.71. The number of hydrogen-bond acceptors (Lipinski definition) is 2. The Morgan fingerprint density at radius 1 is 1.47 bits per heavy atom. The molecule has 0 unspecified atom stereocenters. The molecule has 0 aliphatic rings. The van der Waals surface area contributed by atoms with Crippen molar-refractivity contribution in [3.8, 4) is 5.75 Å². The zero-order valence-electron chi connectivity index (χ0n) is 9.16. The predicted octanol–water partition coefficient (Wildman–Crippen LogP) is 2.56. The molecule has 0 saturated heterocycles. The van der Waals surface area contributed by atoms with Gasteiger partial charge in [-0.3, -0.25) is 0 Å². The normalized spacial score (nSPS) is 12.5. The van der Waals surface area contributed by atoms with E-state index in [0.717, 1.165) is 17.7 Å². The van der Waals surface area contributed by atoms with Gasteiger partial charge in [0.25, 0.3) is 0 Å². The molecule has 0 radical (unpaired) electrons. The number of aryl methyl sites for hydroxylation is 1. The van der Waals surface area contributed by atoms with E-state index >= 15 is 0 Å². The number of alkyl halides is 1. The molecule has 0 aromatic heterocycles. The number of aliphatic hydroxyl groups is 1. The first kappa shape index (κ1) is 12.5. The molecule has 3 heteroatoms. The van der Waals surface area contributed by atoms with Crippen molar-refractivity contribution in [2.45, 2.75) is 25.9 Å². The van der Waals surface area contributed by atoms with Crippen LogP contribution in [0.2, 0.25) is 0 Å². The standard InChI is InChI=1S/C12H17BrO2/c1-3-9-4-5-10(7-11(14)8-13)12(6-9)15-2/h4-6,11,14H,3,7-8H2,1-2H3/t11-/m0/s1. The van der Waals surface area contributed by atoms with Gasteiger partial charge in [-0.2, -0.15) is 0 Å². The van der Waals surface area contributed by atoms with E-state index in [0.29, 0.717) is 11.8 Å². The molecular formula is C12H17BrO2. The second-order valence-corrected chi connectivity index (χ2v) is 4.16. The topological polar surface area (TPSA) is 29.5 Å². The average Bonchev–Trinajstić information content (AvgIpc) is 2.29. The van der Waals surface area contributed by atoms with Crippen LogP contribution < -0.4 is 4.74 Å². The Morgan fingerprint density at radius 3 is 2.73 bits per heavy atom. The average molecular weight is 273 g/mol. The maximum Gasteiger partial charge on any atom is 0.122 e. The molecule has 1 N–H and O–H groups in total. The minimum atomic E-state index is -0.355. The lowest BCUT2D eigenvalue weighted by Crippen LogP contribution is -2.12. The third-order valence-corrected chi connectivity index (χ3v) is 3.14. The summed E-state index contributed by atoms with van der Waals surface area (Å²) in [6, 6.07) is 6.15. The van der Waals surface area contributed by atoms with Gasteiger partial charge in [0.15, 0.2) is 0 Å². The van der Waals surface area contributed by atoms with Crippen molar-refractivity contribution in [3.63, 3.8) is 0 Å². The molecule has 1 aromatic rings. The molecule has 0 bridgehead atoms. The van der Waals surface area contributed by atoms with Gasteiger partial charge < -0.3 is 9.84 Å². The maximum atomic E-state index is 9.56. The lowest BCUT2D eigenvalue weighted by Gasteiger charge is -2.12. The Bertz CT molecular complexity index is 312. The highest BCUT2D eigenvalue weighted by atomic mass is 79.9. The second-order valence-electron chi connectivity index (χ2n) is 3.51. The molecule has 0 heterocycles. The molecule has 1 rings (SSSR count). The summed E-state index contributed by atoms with van der Waals surface area (Å²) in [7, 11) is 1.67. The van der Waals surface area contributed by atoms with Crippen molar-refractivity contribution in [1.29, 1.82) is 0 Å². The fourth-order valence-electron chi connectivity index (χ4n) is 1.49. The monoisotopic (exact) mass is 272 g/mol. The number of ether oxygens (including phenoxy) is 1. The van der Waals surface area contributed by atoms with Crippen molar-refractivity contribution in [2.75, 3.05) is 12.4 Å². The van der Waals surface area contributed by atoms with Crippen molar-refractivity contribution in [2.24, 2.45) is 0 Å². The lowest BCUT2D eigenvalue weighted by atomic mass is 10.0. The van der Waals surface area contributed by atoms with Gasteiger partial charge in [-0.25, -0.2) is 0 Å². The van der Waals surface area contributed by atoms with Crippen LogP contribution in [0, 0.1) is 0 Å². The van der Waals surface area contributed by atoms with Crippen LogP contribution in [0.15, 0.2) is 18.2 Å². The molecule has 1 atom stereocenters. The summed E-state index contributed by atoms with van der Waals surface area (Å²) in [4.78, 5) is 0. The molecule has 84 valence electrons. The summed E-state index contributed by atoms with van der Waals surface area (Å²) in [5, 5.41) is 10.1. The van der Waals surface area contributed by atoms with Gasteiger partial charge in [-0.05, 0) is 23.6 Å². The SMILES string of the molecule is CCc1ccc(C[C@H](O)CBr)c(OC)c1. The van der Waals surface area contributed by atoms with E-state index in [-0.39, 0.29) is 6.10 Å². The van der Waals surface area contributed by atoms with Crippen molar-refractivity contribution >= 4 is 15.9 Å². The summed E-state index contributed by atoms with van der Waals surface area (Å²) in [6.07, 6.45) is 1.27. The van der Waals surface area contributed by atoms with Crippen LogP contribution in [-0.2, 0) is 12.8 Å². The van der Waals surface area contributed by atoms with Crippen LogP contribution in [-0.4, -0.2) is 23.7 Å². The number of hydrogen-bond donors (Lipinski definition) is 1. The Hall–Kier alpha value is -0.540. The summed E-state index contributed by atoms with van der Waals surface area (Å²) < 4.78 is 5.31. The molecule has 0 aliphatic carbocycles. The van der Waals surface area contributed by atoms with Crippen LogP contribution in [0.5, 0.6) is 5.75 Å². The van der Waals surface area contributed by atoms with E-state index in [4.69, 9.17) is 4.74 Å². The highest BCUT2D eigenvalue weighted by Gasteiger charge is 2.09. The van der Waals surface area contributed by atoms with Gasteiger partial charge in [-0.15, -0.1) is 0 Å². The Labute approximate surface area is 99.4 Å². The van der Waals surface area contributed by atoms with Gasteiger partial charge in [0.1, 0.15) is 5.75 Å². The third-order valence-electron chi connectivity index (χ3n) is 2.39.